The van der Waals surface area contributed by atoms with Gasteiger partial charge in [-0.1, -0.05) is 0 Å². The number of aryl methyl sites for hydroxylation is 3. The summed E-state index contributed by atoms with van der Waals surface area (Å²) in [6, 6.07) is 2.02. The van der Waals surface area contributed by atoms with Crippen LogP contribution in [0.5, 0.6) is 0 Å². The van der Waals surface area contributed by atoms with Gasteiger partial charge in [-0.2, -0.15) is 0 Å². The highest BCUT2D eigenvalue weighted by Gasteiger charge is 2.13. The van der Waals surface area contributed by atoms with Crippen molar-refractivity contribution in [2.45, 2.75) is 26.8 Å². The Morgan fingerprint density at radius 2 is 2.29 bits per heavy atom. The molecule has 0 fully saturated rings. The lowest BCUT2D eigenvalue weighted by molar-refractivity contribution is -0.137. The summed E-state index contributed by atoms with van der Waals surface area (Å²) in [5.74, 6) is -0.225. The largest absolute Gasteiger partial charge is 0.481 e. The molecular formula is C10H12N4O2S. The van der Waals surface area contributed by atoms with E-state index in [2.05, 4.69) is 15.5 Å². The van der Waals surface area contributed by atoms with E-state index in [4.69, 9.17) is 5.11 Å². The molecule has 0 aliphatic heterocycles. The highest BCUT2D eigenvalue weighted by atomic mass is 32.1. The lowest BCUT2D eigenvalue weighted by atomic mass is 10.3. The summed E-state index contributed by atoms with van der Waals surface area (Å²) in [5.41, 5.74) is 1.19. The Morgan fingerprint density at radius 3 is 2.88 bits per heavy atom. The first-order valence-corrected chi connectivity index (χ1v) is 5.95. The van der Waals surface area contributed by atoms with Gasteiger partial charge in [0.05, 0.1) is 17.8 Å². The zero-order chi connectivity index (χ0) is 12.4. The van der Waals surface area contributed by atoms with Gasteiger partial charge in [0.15, 0.2) is 5.82 Å². The van der Waals surface area contributed by atoms with Gasteiger partial charge in [0.25, 0.3) is 0 Å². The van der Waals surface area contributed by atoms with Gasteiger partial charge in [-0.3, -0.25) is 4.79 Å². The summed E-state index contributed by atoms with van der Waals surface area (Å²) >= 11 is 1.61. The molecular weight excluding hydrogens is 240 g/mol. The van der Waals surface area contributed by atoms with Crippen molar-refractivity contribution in [3.05, 3.63) is 16.5 Å². The molecule has 0 bridgehead atoms. The van der Waals surface area contributed by atoms with Crippen LogP contribution in [0.4, 0.5) is 0 Å². The van der Waals surface area contributed by atoms with E-state index in [9.17, 15) is 4.79 Å². The van der Waals surface area contributed by atoms with Gasteiger partial charge in [-0.05, 0) is 35.9 Å². The minimum Gasteiger partial charge on any atom is -0.481 e. The lowest BCUT2D eigenvalue weighted by Crippen LogP contribution is -2.07. The van der Waals surface area contributed by atoms with Crippen LogP contribution in [0.15, 0.2) is 6.07 Å². The van der Waals surface area contributed by atoms with E-state index in [1.807, 2.05) is 19.9 Å². The normalized spacial score (nSPS) is 10.7. The van der Waals surface area contributed by atoms with Crippen LogP contribution >= 0.6 is 11.3 Å². The molecule has 2 aromatic rings. The molecule has 0 aliphatic carbocycles. The molecule has 90 valence electrons. The van der Waals surface area contributed by atoms with Crippen LogP contribution in [0.1, 0.15) is 16.9 Å². The fourth-order valence-electron chi connectivity index (χ4n) is 1.42. The second kappa shape index (κ2) is 4.62. The summed E-state index contributed by atoms with van der Waals surface area (Å²) in [4.78, 5) is 12.7. The van der Waals surface area contributed by atoms with Crippen LogP contribution < -0.4 is 0 Å². The third kappa shape index (κ3) is 2.50. The van der Waals surface area contributed by atoms with Crippen LogP contribution in [-0.2, 0) is 11.3 Å². The average Bonchev–Trinajstić information content (AvgIpc) is 2.83. The maximum Gasteiger partial charge on any atom is 0.305 e. The number of hydrogen-bond donors (Lipinski definition) is 1. The number of carboxylic acids is 1. The number of aromatic nitrogens is 4. The van der Waals surface area contributed by atoms with E-state index >= 15 is 0 Å². The standard InChI is InChI=1S/C10H12N4O2S/c1-6-5-8(17-7(6)2)10-11-12-13-14(10)4-3-9(15)16/h5H,3-4H2,1-2H3,(H,15,16). The SMILES string of the molecule is Cc1cc(-c2nnnn2CCC(=O)O)sc1C. The maximum absolute atomic E-state index is 10.5. The first-order chi connectivity index (χ1) is 8.08. The number of nitrogens with zero attached hydrogens (tertiary/aromatic N) is 4. The molecule has 0 radical (unpaired) electrons. The van der Waals surface area contributed by atoms with E-state index in [0.717, 1.165) is 4.88 Å². The molecule has 0 saturated carbocycles. The van der Waals surface area contributed by atoms with Crippen molar-refractivity contribution in [2.75, 3.05) is 0 Å². The minimum absolute atomic E-state index is 0.0153. The molecule has 6 nitrogen and oxygen atoms in total. The van der Waals surface area contributed by atoms with E-state index < -0.39 is 5.97 Å². The number of carbonyl (C=O) groups is 1. The summed E-state index contributed by atoms with van der Waals surface area (Å²) in [6.07, 6.45) is 0.0153. The van der Waals surface area contributed by atoms with Gasteiger partial charge >= 0.3 is 5.97 Å². The Kier molecular flexibility index (Phi) is 3.19. The molecule has 0 aromatic carbocycles. The zero-order valence-corrected chi connectivity index (χ0v) is 10.4. The first kappa shape index (κ1) is 11.7. The minimum atomic E-state index is -0.856. The van der Waals surface area contributed by atoms with E-state index in [0.29, 0.717) is 5.82 Å². The molecule has 0 saturated heterocycles. The van der Waals surface area contributed by atoms with Crippen molar-refractivity contribution in [2.24, 2.45) is 0 Å². The number of hydrogen-bond acceptors (Lipinski definition) is 5. The molecule has 0 spiro atoms. The molecule has 0 amide bonds. The Hall–Kier alpha value is -1.76. The second-order valence-corrected chi connectivity index (χ2v) is 4.98. The molecule has 0 atom stereocenters. The molecule has 1 N–H and O–H groups in total. The number of tetrazole rings is 1. The van der Waals surface area contributed by atoms with Crippen molar-refractivity contribution < 1.29 is 9.90 Å². The van der Waals surface area contributed by atoms with E-state index in [1.54, 1.807) is 11.3 Å². The molecule has 2 aromatic heterocycles. The Morgan fingerprint density at radius 1 is 1.53 bits per heavy atom. The molecule has 2 rings (SSSR count). The van der Waals surface area contributed by atoms with Crippen molar-refractivity contribution in [3.8, 4) is 10.7 Å². The van der Waals surface area contributed by atoms with Gasteiger partial charge in [0, 0.05) is 4.88 Å². The van der Waals surface area contributed by atoms with Crippen LogP contribution in [-0.4, -0.2) is 31.3 Å². The highest BCUT2D eigenvalue weighted by molar-refractivity contribution is 7.15. The Bertz CT molecular complexity index is 527. The first-order valence-electron chi connectivity index (χ1n) is 5.13. The Balaban J connectivity index is 2.27. The van der Waals surface area contributed by atoms with Gasteiger partial charge in [-0.25, -0.2) is 4.68 Å². The second-order valence-electron chi connectivity index (χ2n) is 3.72. The molecule has 0 aliphatic rings. The molecule has 17 heavy (non-hydrogen) atoms. The quantitative estimate of drug-likeness (QED) is 0.891. The van der Waals surface area contributed by atoms with E-state index in [1.165, 1.54) is 15.1 Å². The number of rotatable bonds is 4. The van der Waals surface area contributed by atoms with Gasteiger partial charge in [0.1, 0.15) is 0 Å². The zero-order valence-electron chi connectivity index (χ0n) is 9.54. The van der Waals surface area contributed by atoms with Gasteiger partial charge < -0.3 is 5.11 Å². The Labute approximate surface area is 102 Å². The summed E-state index contributed by atoms with van der Waals surface area (Å²) in [5, 5.41) is 20.0. The lowest BCUT2D eigenvalue weighted by Gasteiger charge is -1.99. The fraction of sp³-hybridized carbons (Fsp3) is 0.400. The summed E-state index contributed by atoms with van der Waals surface area (Å²) < 4.78 is 1.53. The summed E-state index contributed by atoms with van der Waals surface area (Å²) in [7, 11) is 0. The highest BCUT2D eigenvalue weighted by Crippen LogP contribution is 2.28. The molecule has 7 heteroatoms. The van der Waals surface area contributed by atoms with Crippen LogP contribution in [0.3, 0.4) is 0 Å². The third-order valence-corrected chi connectivity index (χ3v) is 3.60. The predicted molar refractivity (Wildman–Crippen MR) is 62.9 cm³/mol. The van der Waals surface area contributed by atoms with Gasteiger partial charge in [-0.15, -0.1) is 16.4 Å². The van der Waals surface area contributed by atoms with Crippen LogP contribution in [0.2, 0.25) is 0 Å². The topological polar surface area (TPSA) is 80.9 Å². The maximum atomic E-state index is 10.5. The van der Waals surface area contributed by atoms with Crippen molar-refractivity contribution >= 4 is 17.3 Å². The van der Waals surface area contributed by atoms with Crippen molar-refractivity contribution in [1.82, 2.24) is 20.2 Å². The number of carboxylic acid groups (broad SMARTS) is 1. The monoisotopic (exact) mass is 252 g/mol. The van der Waals surface area contributed by atoms with Gasteiger partial charge in [0.2, 0.25) is 0 Å². The predicted octanol–water partition coefficient (Wildman–Crippen LogP) is 1.49. The fourth-order valence-corrected chi connectivity index (χ4v) is 2.44. The third-order valence-electron chi connectivity index (χ3n) is 2.46. The number of aliphatic carboxylic acids is 1. The summed E-state index contributed by atoms with van der Waals surface area (Å²) in [6.45, 7) is 4.35. The van der Waals surface area contributed by atoms with Crippen LogP contribution in [0.25, 0.3) is 10.7 Å². The number of thiophene rings is 1. The van der Waals surface area contributed by atoms with Crippen molar-refractivity contribution in [3.63, 3.8) is 0 Å². The van der Waals surface area contributed by atoms with Crippen LogP contribution in [0, 0.1) is 13.8 Å². The van der Waals surface area contributed by atoms with E-state index in [-0.39, 0.29) is 13.0 Å². The molecule has 2 heterocycles. The smallest absolute Gasteiger partial charge is 0.305 e. The van der Waals surface area contributed by atoms with Crippen molar-refractivity contribution in [1.29, 1.82) is 0 Å². The average molecular weight is 252 g/mol. The molecule has 0 unspecified atom stereocenters.